The summed E-state index contributed by atoms with van der Waals surface area (Å²) in [6, 6.07) is 18.1. The highest BCUT2D eigenvalue weighted by Crippen LogP contribution is 2.30. The van der Waals surface area contributed by atoms with Crippen molar-refractivity contribution in [1.82, 2.24) is 9.78 Å². The van der Waals surface area contributed by atoms with Crippen molar-refractivity contribution < 1.29 is 9.59 Å². The lowest BCUT2D eigenvalue weighted by Crippen LogP contribution is -2.28. The predicted molar refractivity (Wildman–Crippen MR) is 115 cm³/mol. The van der Waals surface area contributed by atoms with Crippen LogP contribution >= 0.6 is 0 Å². The second-order valence-electron chi connectivity index (χ2n) is 8.09. The van der Waals surface area contributed by atoms with E-state index in [1.165, 1.54) is 17.5 Å². The van der Waals surface area contributed by atoms with Gasteiger partial charge in [0.25, 0.3) is 0 Å². The minimum Gasteiger partial charge on any atom is -0.312 e. The summed E-state index contributed by atoms with van der Waals surface area (Å²) in [4.78, 5) is 27.1. The van der Waals surface area contributed by atoms with Gasteiger partial charge in [0.05, 0.1) is 12.5 Å². The summed E-state index contributed by atoms with van der Waals surface area (Å²) in [5, 5.41) is 7.31. The molecule has 5 rings (SSSR count). The number of nitrogens with one attached hydrogen (secondary N) is 1. The van der Waals surface area contributed by atoms with Crippen molar-refractivity contribution in [2.75, 3.05) is 16.8 Å². The van der Waals surface area contributed by atoms with Crippen LogP contribution in [0.4, 0.5) is 11.5 Å². The highest BCUT2D eigenvalue weighted by molar-refractivity contribution is 6.03. The molecule has 1 N–H and O–H groups in total. The van der Waals surface area contributed by atoms with E-state index in [9.17, 15) is 9.59 Å². The lowest BCUT2D eigenvalue weighted by molar-refractivity contribution is -0.122. The molecule has 152 valence electrons. The number of fused-ring (bicyclic) bond motifs is 1. The van der Waals surface area contributed by atoms with Crippen molar-refractivity contribution >= 4 is 23.3 Å². The molecule has 0 bridgehead atoms. The molecule has 6 nitrogen and oxygen atoms in total. The molecule has 1 saturated heterocycles. The molecule has 1 atom stereocenters. The molecule has 0 saturated carbocycles. The molecule has 3 aromatic rings. The maximum atomic E-state index is 12.8. The van der Waals surface area contributed by atoms with E-state index < -0.39 is 0 Å². The minimum absolute atomic E-state index is 0.00250. The summed E-state index contributed by atoms with van der Waals surface area (Å²) in [5.74, 6) is -0.0101. The molecule has 0 radical (unpaired) electrons. The Balaban J connectivity index is 1.22. The van der Waals surface area contributed by atoms with E-state index in [0.717, 1.165) is 24.1 Å². The Morgan fingerprint density at radius 1 is 1.07 bits per heavy atom. The molecule has 2 aliphatic rings. The molecule has 0 spiro atoms. The molecular weight excluding hydrogens is 376 g/mol. The van der Waals surface area contributed by atoms with Gasteiger partial charge in [0, 0.05) is 30.9 Å². The third-order valence-corrected chi connectivity index (χ3v) is 5.97. The Kier molecular flexibility index (Phi) is 4.83. The van der Waals surface area contributed by atoms with E-state index in [2.05, 4.69) is 22.5 Å². The topological polar surface area (TPSA) is 67.2 Å². The number of amides is 2. The third-order valence-electron chi connectivity index (χ3n) is 5.97. The summed E-state index contributed by atoms with van der Waals surface area (Å²) in [7, 11) is 0. The number of hydrogen-bond donors (Lipinski definition) is 1. The predicted octanol–water partition coefficient (Wildman–Crippen LogP) is 3.41. The Morgan fingerprint density at radius 3 is 2.77 bits per heavy atom. The molecule has 6 heteroatoms. The molecule has 2 heterocycles. The van der Waals surface area contributed by atoms with Gasteiger partial charge in [-0.3, -0.25) is 14.3 Å². The summed E-state index contributed by atoms with van der Waals surface area (Å²) in [6.45, 7) is 1.05. The number of benzene rings is 2. The van der Waals surface area contributed by atoms with Crippen molar-refractivity contribution in [1.29, 1.82) is 0 Å². The summed E-state index contributed by atoms with van der Waals surface area (Å²) in [6.07, 6.45) is 5.44. The molecule has 2 amide bonds. The Bertz CT molecular complexity index is 1090. The molecule has 2 aromatic carbocycles. The third kappa shape index (κ3) is 3.73. The summed E-state index contributed by atoms with van der Waals surface area (Å²) < 4.78 is 1.79. The quantitative estimate of drug-likeness (QED) is 0.714. The van der Waals surface area contributed by atoms with E-state index in [-0.39, 0.29) is 24.2 Å². The maximum Gasteiger partial charge on any atom is 0.231 e. The Labute approximate surface area is 175 Å². The van der Waals surface area contributed by atoms with Crippen LogP contribution in [0.25, 0.3) is 0 Å². The van der Waals surface area contributed by atoms with Crippen LogP contribution in [0.5, 0.6) is 0 Å². The SMILES string of the molecule is O=C(Nc1ccn(Cc2ccccc2)n1)C1CC(=O)N(c2ccc3c(c2)CCC3)C1. The zero-order valence-corrected chi connectivity index (χ0v) is 16.8. The fraction of sp³-hybridized carbons (Fsp3) is 0.292. The summed E-state index contributed by atoms with van der Waals surface area (Å²) in [5.41, 5.74) is 4.76. The molecule has 30 heavy (non-hydrogen) atoms. The number of hydrogen-bond acceptors (Lipinski definition) is 3. The number of aromatic nitrogens is 2. The van der Waals surface area contributed by atoms with Gasteiger partial charge in [-0.1, -0.05) is 36.4 Å². The van der Waals surface area contributed by atoms with Gasteiger partial charge < -0.3 is 10.2 Å². The number of aryl methyl sites for hydroxylation is 2. The van der Waals surface area contributed by atoms with Gasteiger partial charge in [-0.25, -0.2) is 0 Å². The normalized spacial score (nSPS) is 17.9. The molecule has 1 aliphatic carbocycles. The molecule has 1 aliphatic heterocycles. The van der Waals surface area contributed by atoms with Crippen LogP contribution in [0.15, 0.2) is 60.8 Å². The van der Waals surface area contributed by atoms with Crippen LogP contribution in [0.2, 0.25) is 0 Å². The molecular formula is C24H24N4O2. The van der Waals surface area contributed by atoms with Crippen LogP contribution < -0.4 is 10.2 Å². The van der Waals surface area contributed by atoms with E-state index in [1.807, 2.05) is 42.6 Å². The number of anilines is 2. The van der Waals surface area contributed by atoms with Crippen molar-refractivity contribution in [3.05, 3.63) is 77.5 Å². The van der Waals surface area contributed by atoms with E-state index in [1.54, 1.807) is 15.6 Å². The van der Waals surface area contributed by atoms with E-state index >= 15 is 0 Å². The number of nitrogens with zero attached hydrogens (tertiary/aromatic N) is 3. The minimum atomic E-state index is -0.370. The highest BCUT2D eigenvalue weighted by Gasteiger charge is 2.35. The van der Waals surface area contributed by atoms with Crippen LogP contribution in [0.3, 0.4) is 0 Å². The number of carbonyl (C=O) groups excluding carboxylic acids is 2. The van der Waals surface area contributed by atoms with Crippen molar-refractivity contribution in [3.63, 3.8) is 0 Å². The molecule has 1 unspecified atom stereocenters. The largest absolute Gasteiger partial charge is 0.312 e. The highest BCUT2D eigenvalue weighted by atomic mass is 16.2. The lowest BCUT2D eigenvalue weighted by atomic mass is 10.1. The van der Waals surface area contributed by atoms with Gasteiger partial charge in [-0.05, 0) is 48.1 Å². The van der Waals surface area contributed by atoms with Crippen LogP contribution in [0, 0.1) is 5.92 Å². The average Bonchev–Trinajstić information content (AvgIpc) is 3.48. The second kappa shape index (κ2) is 7.78. The molecule has 1 aromatic heterocycles. The second-order valence-corrected chi connectivity index (χ2v) is 8.09. The van der Waals surface area contributed by atoms with Gasteiger partial charge >= 0.3 is 0 Å². The Hall–Kier alpha value is -3.41. The average molecular weight is 400 g/mol. The Morgan fingerprint density at radius 2 is 1.90 bits per heavy atom. The van der Waals surface area contributed by atoms with Gasteiger partial charge in [0.15, 0.2) is 5.82 Å². The van der Waals surface area contributed by atoms with E-state index in [0.29, 0.717) is 18.9 Å². The van der Waals surface area contributed by atoms with Crippen LogP contribution in [-0.2, 0) is 29.0 Å². The van der Waals surface area contributed by atoms with Crippen molar-refractivity contribution in [2.45, 2.75) is 32.2 Å². The first kappa shape index (κ1) is 18.6. The first-order chi connectivity index (χ1) is 14.7. The number of rotatable bonds is 5. The first-order valence-corrected chi connectivity index (χ1v) is 10.5. The lowest BCUT2D eigenvalue weighted by Gasteiger charge is -2.17. The number of carbonyl (C=O) groups is 2. The fourth-order valence-electron chi connectivity index (χ4n) is 4.37. The summed E-state index contributed by atoms with van der Waals surface area (Å²) >= 11 is 0. The molecule has 1 fully saturated rings. The van der Waals surface area contributed by atoms with E-state index in [4.69, 9.17) is 0 Å². The maximum absolute atomic E-state index is 12.8. The van der Waals surface area contributed by atoms with Crippen molar-refractivity contribution in [3.8, 4) is 0 Å². The monoisotopic (exact) mass is 400 g/mol. The van der Waals surface area contributed by atoms with Crippen LogP contribution in [-0.4, -0.2) is 28.1 Å². The zero-order valence-electron chi connectivity index (χ0n) is 16.8. The first-order valence-electron chi connectivity index (χ1n) is 10.5. The van der Waals surface area contributed by atoms with Crippen LogP contribution in [0.1, 0.15) is 29.5 Å². The smallest absolute Gasteiger partial charge is 0.231 e. The van der Waals surface area contributed by atoms with Gasteiger partial charge in [0.2, 0.25) is 11.8 Å². The van der Waals surface area contributed by atoms with Gasteiger partial charge in [-0.2, -0.15) is 5.10 Å². The van der Waals surface area contributed by atoms with Crippen molar-refractivity contribution in [2.24, 2.45) is 5.92 Å². The standard InChI is InChI=1S/C24H24N4O2/c29-23-14-20(16-28(23)21-10-9-18-7-4-8-19(18)13-21)24(30)25-22-11-12-27(26-22)15-17-5-2-1-3-6-17/h1-3,5-6,9-13,20H,4,7-8,14-16H2,(H,25,26,30). The fourth-order valence-corrected chi connectivity index (χ4v) is 4.37. The van der Waals surface area contributed by atoms with Gasteiger partial charge in [0.1, 0.15) is 0 Å². The van der Waals surface area contributed by atoms with Gasteiger partial charge in [-0.15, -0.1) is 0 Å². The zero-order chi connectivity index (χ0) is 20.5.